The Bertz CT molecular complexity index is 950. The van der Waals surface area contributed by atoms with E-state index >= 15 is 0 Å². The van der Waals surface area contributed by atoms with Crippen molar-refractivity contribution in [2.45, 2.75) is 25.8 Å². The third-order valence-electron chi connectivity index (χ3n) is 5.48. The first-order valence-electron chi connectivity index (χ1n) is 10.6. The quantitative estimate of drug-likeness (QED) is 0.229. The predicted molar refractivity (Wildman–Crippen MR) is 138 cm³/mol. The van der Waals surface area contributed by atoms with Crippen molar-refractivity contribution >= 4 is 47.2 Å². The van der Waals surface area contributed by atoms with E-state index in [4.69, 9.17) is 4.99 Å². The number of fused-ring (bicyclic) bond motifs is 1. The van der Waals surface area contributed by atoms with Gasteiger partial charge in [0, 0.05) is 49.9 Å². The molecule has 2 aliphatic rings. The second kappa shape index (κ2) is 11.2. The summed E-state index contributed by atoms with van der Waals surface area (Å²) in [5, 5.41) is 9.70. The molecule has 31 heavy (non-hydrogen) atoms. The Balaban J connectivity index is 0.00000272. The zero-order chi connectivity index (χ0) is 20.8. The van der Waals surface area contributed by atoms with Gasteiger partial charge in [0.2, 0.25) is 5.91 Å². The molecule has 3 N–H and O–H groups in total. The lowest BCUT2D eigenvalue weighted by atomic mass is 9.90. The Morgan fingerprint density at radius 3 is 2.74 bits per heavy atom. The van der Waals surface area contributed by atoms with Gasteiger partial charge in [-0.05, 0) is 36.2 Å². The highest BCUT2D eigenvalue weighted by atomic mass is 127. The van der Waals surface area contributed by atoms with E-state index in [0.717, 1.165) is 31.3 Å². The van der Waals surface area contributed by atoms with Gasteiger partial charge in [0.05, 0.1) is 6.54 Å². The molecular formula is C24H30IN5O. The van der Waals surface area contributed by atoms with Crippen LogP contribution in [-0.4, -0.2) is 38.0 Å². The van der Waals surface area contributed by atoms with Gasteiger partial charge in [0.1, 0.15) is 0 Å². The number of carbonyl (C=O) groups excluding carboxylic acids is 1. The van der Waals surface area contributed by atoms with E-state index in [1.54, 1.807) is 0 Å². The number of carbonyl (C=O) groups is 1. The van der Waals surface area contributed by atoms with Gasteiger partial charge in [-0.2, -0.15) is 0 Å². The average molecular weight is 531 g/mol. The summed E-state index contributed by atoms with van der Waals surface area (Å²) in [5.74, 6) is 0.967. The van der Waals surface area contributed by atoms with Gasteiger partial charge in [0.25, 0.3) is 0 Å². The van der Waals surface area contributed by atoms with Crippen LogP contribution in [0.1, 0.15) is 30.4 Å². The van der Waals surface area contributed by atoms with E-state index in [-0.39, 0.29) is 35.8 Å². The number of hydrogen-bond acceptors (Lipinski definition) is 3. The lowest BCUT2D eigenvalue weighted by Gasteiger charge is -2.26. The molecule has 7 heteroatoms. The SMILES string of the molecule is CCNC(=NCc1cccc(N2CC=CC2)c1)NCC1CC(=O)Nc2ccccc21.I. The molecule has 2 aliphatic heterocycles. The average Bonchev–Trinajstić information content (AvgIpc) is 3.30. The largest absolute Gasteiger partial charge is 0.364 e. The van der Waals surface area contributed by atoms with Crippen molar-refractivity contribution in [2.75, 3.05) is 36.4 Å². The van der Waals surface area contributed by atoms with E-state index in [1.807, 2.05) is 18.2 Å². The molecule has 2 aromatic carbocycles. The molecule has 1 amide bonds. The molecule has 0 spiro atoms. The van der Waals surface area contributed by atoms with E-state index in [9.17, 15) is 4.79 Å². The Hall–Kier alpha value is -2.55. The van der Waals surface area contributed by atoms with Crippen molar-refractivity contribution in [1.29, 1.82) is 0 Å². The first kappa shape index (κ1) is 23.1. The summed E-state index contributed by atoms with van der Waals surface area (Å²) >= 11 is 0. The number of nitrogens with zero attached hydrogens (tertiary/aromatic N) is 2. The maximum Gasteiger partial charge on any atom is 0.225 e. The van der Waals surface area contributed by atoms with Crippen LogP contribution in [0.4, 0.5) is 11.4 Å². The van der Waals surface area contributed by atoms with Crippen molar-refractivity contribution in [1.82, 2.24) is 10.6 Å². The number of anilines is 2. The summed E-state index contributed by atoms with van der Waals surface area (Å²) in [7, 11) is 0. The summed E-state index contributed by atoms with van der Waals surface area (Å²) in [6, 6.07) is 16.6. The van der Waals surface area contributed by atoms with Gasteiger partial charge in [-0.25, -0.2) is 4.99 Å². The molecule has 0 bridgehead atoms. The molecule has 0 saturated carbocycles. The van der Waals surface area contributed by atoms with Gasteiger partial charge in [0.15, 0.2) is 5.96 Å². The zero-order valence-corrected chi connectivity index (χ0v) is 20.1. The summed E-state index contributed by atoms with van der Waals surface area (Å²) in [4.78, 5) is 19.2. The van der Waals surface area contributed by atoms with Crippen molar-refractivity contribution in [3.63, 3.8) is 0 Å². The van der Waals surface area contributed by atoms with Crippen molar-refractivity contribution in [3.8, 4) is 0 Å². The van der Waals surface area contributed by atoms with E-state index in [0.29, 0.717) is 19.5 Å². The predicted octanol–water partition coefficient (Wildman–Crippen LogP) is 3.86. The number of benzene rings is 2. The van der Waals surface area contributed by atoms with Gasteiger partial charge in [-0.1, -0.05) is 42.5 Å². The molecule has 0 aromatic heterocycles. The number of hydrogen-bond donors (Lipinski definition) is 3. The number of aliphatic imine (C=N–C) groups is 1. The molecule has 0 fully saturated rings. The van der Waals surface area contributed by atoms with Crippen molar-refractivity contribution in [2.24, 2.45) is 4.99 Å². The molecule has 6 nitrogen and oxygen atoms in total. The summed E-state index contributed by atoms with van der Waals surface area (Å²) in [5.41, 5.74) is 4.50. The molecule has 1 atom stereocenters. The fraction of sp³-hybridized carbons (Fsp3) is 0.333. The highest BCUT2D eigenvalue weighted by Gasteiger charge is 2.24. The van der Waals surface area contributed by atoms with Crippen LogP contribution in [-0.2, 0) is 11.3 Å². The minimum absolute atomic E-state index is 0. The van der Waals surface area contributed by atoms with Crippen LogP contribution >= 0.6 is 24.0 Å². The fourth-order valence-electron chi connectivity index (χ4n) is 3.96. The monoisotopic (exact) mass is 531 g/mol. The number of para-hydroxylation sites is 1. The minimum Gasteiger partial charge on any atom is -0.364 e. The van der Waals surface area contributed by atoms with Gasteiger partial charge < -0.3 is 20.9 Å². The van der Waals surface area contributed by atoms with Crippen molar-refractivity contribution in [3.05, 3.63) is 71.8 Å². The molecule has 164 valence electrons. The van der Waals surface area contributed by atoms with E-state index < -0.39 is 0 Å². The van der Waals surface area contributed by atoms with E-state index in [1.165, 1.54) is 16.8 Å². The lowest BCUT2D eigenvalue weighted by Crippen LogP contribution is -2.40. The van der Waals surface area contributed by atoms with Crippen LogP contribution in [0, 0.1) is 0 Å². The number of nitrogens with one attached hydrogen (secondary N) is 3. The molecule has 2 heterocycles. The van der Waals surface area contributed by atoms with Crippen LogP contribution in [0.25, 0.3) is 0 Å². The second-order valence-corrected chi connectivity index (χ2v) is 7.66. The fourth-order valence-corrected chi connectivity index (χ4v) is 3.96. The Morgan fingerprint density at radius 1 is 1.13 bits per heavy atom. The zero-order valence-electron chi connectivity index (χ0n) is 17.8. The molecular weight excluding hydrogens is 501 g/mol. The summed E-state index contributed by atoms with van der Waals surface area (Å²) in [6.07, 6.45) is 4.87. The third-order valence-corrected chi connectivity index (χ3v) is 5.48. The summed E-state index contributed by atoms with van der Waals surface area (Å²) in [6.45, 7) is 6.04. The molecule has 4 rings (SSSR count). The lowest BCUT2D eigenvalue weighted by molar-refractivity contribution is -0.116. The summed E-state index contributed by atoms with van der Waals surface area (Å²) < 4.78 is 0. The van der Waals surface area contributed by atoms with Crippen LogP contribution in [0.15, 0.2) is 65.7 Å². The first-order chi connectivity index (χ1) is 14.7. The third kappa shape index (κ3) is 6.00. The van der Waals surface area contributed by atoms with Crippen LogP contribution in [0.3, 0.4) is 0 Å². The standard InChI is InChI=1S/C24H29N5O.HI/c1-2-25-24(26-16-18-8-7-9-20(14-18)29-12-5-6-13-29)27-17-19-15-23(30)28-22-11-4-3-10-21(19)22;/h3-11,14,19H,2,12-13,15-17H2,1H3,(H,28,30)(H2,25,26,27);1H. The Morgan fingerprint density at radius 2 is 1.94 bits per heavy atom. The minimum atomic E-state index is 0. The number of amides is 1. The normalized spacial score (nSPS) is 17.6. The molecule has 1 unspecified atom stereocenters. The van der Waals surface area contributed by atoms with Crippen LogP contribution in [0.2, 0.25) is 0 Å². The maximum atomic E-state index is 12.1. The Labute approximate surface area is 201 Å². The molecule has 0 aliphatic carbocycles. The van der Waals surface area contributed by atoms with Gasteiger partial charge in [-0.3, -0.25) is 4.79 Å². The van der Waals surface area contributed by atoms with Gasteiger partial charge in [-0.15, -0.1) is 24.0 Å². The Kier molecular flexibility index (Phi) is 8.34. The van der Waals surface area contributed by atoms with Crippen LogP contribution < -0.4 is 20.9 Å². The number of halogens is 1. The molecule has 0 saturated heterocycles. The van der Waals surface area contributed by atoms with E-state index in [2.05, 4.69) is 70.3 Å². The topological polar surface area (TPSA) is 68.8 Å². The van der Waals surface area contributed by atoms with Crippen LogP contribution in [0.5, 0.6) is 0 Å². The smallest absolute Gasteiger partial charge is 0.225 e. The molecule has 2 aromatic rings. The number of guanidine groups is 1. The molecule has 0 radical (unpaired) electrons. The number of rotatable bonds is 6. The van der Waals surface area contributed by atoms with Crippen molar-refractivity contribution < 1.29 is 4.79 Å². The highest BCUT2D eigenvalue weighted by molar-refractivity contribution is 14.0. The maximum absolute atomic E-state index is 12.1. The highest BCUT2D eigenvalue weighted by Crippen LogP contribution is 2.31. The van der Waals surface area contributed by atoms with Gasteiger partial charge >= 0.3 is 0 Å². The second-order valence-electron chi connectivity index (χ2n) is 7.66. The first-order valence-corrected chi connectivity index (χ1v) is 10.6.